The van der Waals surface area contributed by atoms with E-state index in [-0.39, 0.29) is 0 Å². The van der Waals surface area contributed by atoms with Crippen molar-refractivity contribution in [3.05, 3.63) is 34.9 Å². The molecular formula is C14H15ClO2. The molecule has 3 rings (SSSR count). The van der Waals surface area contributed by atoms with E-state index in [2.05, 4.69) is 0 Å². The predicted octanol–water partition coefficient (Wildman–Crippen LogP) is 3.38. The molecule has 90 valence electrons. The molecule has 2 fully saturated rings. The highest BCUT2D eigenvalue weighted by Crippen LogP contribution is 2.61. The second-order valence-electron chi connectivity index (χ2n) is 5.52. The number of hydrogen-bond acceptors (Lipinski definition) is 1. The molecule has 0 aromatic heterocycles. The van der Waals surface area contributed by atoms with Gasteiger partial charge in [0, 0.05) is 5.02 Å². The molecule has 0 saturated heterocycles. The zero-order valence-corrected chi connectivity index (χ0v) is 10.3. The summed E-state index contributed by atoms with van der Waals surface area (Å²) in [5.41, 5.74) is 0.413. The van der Waals surface area contributed by atoms with E-state index >= 15 is 0 Å². The fraction of sp³-hybridized carbons (Fsp3) is 0.500. The molecule has 0 bridgehead atoms. The highest BCUT2D eigenvalue weighted by atomic mass is 35.5. The van der Waals surface area contributed by atoms with E-state index in [1.165, 1.54) is 6.42 Å². The van der Waals surface area contributed by atoms with Crippen LogP contribution in [-0.4, -0.2) is 11.1 Å². The lowest BCUT2D eigenvalue weighted by atomic mass is 9.77. The third kappa shape index (κ3) is 1.85. The molecule has 1 aromatic rings. The molecular weight excluding hydrogens is 236 g/mol. The Balaban J connectivity index is 1.87. The van der Waals surface area contributed by atoms with Crippen LogP contribution in [0.5, 0.6) is 0 Å². The molecule has 0 heterocycles. The summed E-state index contributed by atoms with van der Waals surface area (Å²) in [5, 5.41) is 10.2. The molecule has 0 aliphatic heterocycles. The maximum atomic E-state index is 11.6. The first-order valence-electron chi connectivity index (χ1n) is 6.07. The SMILES string of the molecule is O=C(O)C1(Cc2ccccc2Cl)CC2CC2C1. The molecule has 0 spiro atoms. The van der Waals surface area contributed by atoms with E-state index in [9.17, 15) is 9.90 Å². The molecule has 1 N–H and O–H groups in total. The van der Waals surface area contributed by atoms with Gasteiger partial charge in [0.05, 0.1) is 5.41 Å². The van der Waals surface area contributed by atoms with Crippen LogP contribution >= 0.6 is 11.6 Å². The van der Waals surface area contributed by atoms with E-state index in [4.69, 9.17) is 11.6 Å². The minimum Gasteiger partial charge on any atom is -0.481 e. The molecule has 2 aliphatic rings. The highest BCUT2D eigenvalue weighted by molar-refractivity contribution is 6.31. The van der Waals surface area contributed by atoms with E-state index in [1.807, 2.05) is 24.3 Å². The summed E-state index contributed by atoms with van der Waals surface area (Å²) < 4.78 is 0. The standard InChI is InChI=1S/C14H15ClO2/c15-12-4-2-1-3-9(12)6-14(13(16)17)7-10-5-11(10)8-14/h1-4,10-11H,5-8H2,(H,16,17). The Hall–Kier alpha value is -1.02. The van der Waals surface area contributed by atoms with Crippen molar-refractivity contribution in [1.82, 2.24) is 0 Å². The van der Waals surface area contributed by atoms with Crippen LogP contribution in [0.4, 0.5) is 0 Å². The Morgan fingerprint density at radius 3 is 2.59 bits per heavy atom. The Labute approximate surface area is 106 Å². The fourth-order valence-corrected chi connectivity index (χ4v) is 3.50. The van der Waals surface area contributed by atoms with E-state index < -0.39 is 11.4 Å². The van der Waals surface area contributed by atoms with Gasteiger partial charge in [-0.1, -0.05) is 29.8 Å². The van der Waals surface area contributed by atoms with E-state index in [1.54, 1.807) is 0 Å². The van der Waals surface area contributed by atoms with Crippen LogP contribution in [0.3, 0.4) is 0 Å². The summed E-state index contributed by atoms with van der Waals surface area (Å²) >= 11 is 6.12. The normalized spacial score (nSPS) is 34.4. The van der Waals surface area contributed by atoms with Gasteiger partial charge in [-0.05, 0) is 49.1 Å². The lowest BCUT2D eigenvalue weighted by Gasteiger charge is -2.26. The van der Waals surface area contributed by atoms with Gasteiger partial charge in [0.15, 0.2) is 0 Å². The van der Waals surface area contributed by atoms with E-state index in [0.29, 0.717) is 23.3 Å². The molecule has 17 heavy (non-hydrogen) atoms. The summed E-state index contributed by atoms with van der Waals surface area (Å²) in [6, 6.07) is 7.58. The Morgan fingerprint density at radius 2 is 2.00 bits per heavy atom. The van der Waals surface area contributed by atoms with Crippen LogP contribution in [0.25, 0.3) is 0 Å². The Morgan fingerprint density at radius 1 is 1.35 bits per heavy atom. The van der Waals surface area contributed by atoms with Gasteiger partial charge in [-0.15, -0.1) is 0 Å². The first-order valence-corrected chi connectivity index (χ1v) is 6.45. The van der Waals surface area contributed by atoms with Gasteiger partial charge in [-0.3, -0.25) is 4.79 Å². The third-order valence-electron chi connectivity index (χ3n) is 4.32. The van der Waals surface area contributed by atoms with Crippen molar-refractivity contribution in [2.75, 3.05) is 0 Å². The van der Waals surface area contributed by atoms with Crippen molar-refractivity contribution < 1.29 is 9.90 Å². The van der Waals surface area contributed by atoms with Crippen LogP contribution in [0, 0.1) is 17.3 Å². The quantitative estimate of drug-likeness (QED) is 0.893. The number of fused-ring (bicyclic) bond motifs is 1. The number of rotatable bonds is 3. The number of aliphatic carboxylic acids is 1. The number of hydrogen-bond donors (Lipinski definition) is 1. The van der Waals surface area contributed by atoms with Crippen molar-refractivity contribution in [2.24, 2.45) is 17.3 Å². The number of benzene rings is 1. The van der Waals surface area contributed by atoms with Crippen LogP contribution in [0.2, 0.25) is 5.02 Å². The van der Waals surface area contributed by atoms with Crippen molar-refractivity contribution in [3.8, 4) is 0 Å². The predicted molar refractivity (Wildman–Crippen MR) is 66.1 cm³/mol. The fourth-order valence-electron chi connectivity index (χ4n) is 3.30. The van der Waals surface area contributed by atoms with Gasteiger partial charge in [0.2, 0.25) is 0 Å². The summed E-state index contributed by atoms with van der Waals surface area (Å²) in [6.45, 7) is 0. The zero-order chi connectivity index (χ0) is 12.0. The third-order valence-corrected chi connectivity index (χ3v) is 4.68. The summed E-state index contributed by atoms with van der Waals surface area (Å²) in [5.74, 6) is 0.673. The Kier molecular flexibility index (Phi) is 2.44. The molecule has 0 amide bonds. The van der Waals surface area contributed by atoms with Crippen molar-refractivity contribution in [3.63, 3.8) is 0 Å². The molecule has 2 saturated carbocycles. The average molecular weight is 251 g/mol. The molecule has 2 unspecified atom stereocenters. The molecule has 2 atom stereocenters. The van der Waals surface area contributed by atoms with Gasteiger partial charge in [0.25, 0.3) is 0 Å². The van der Waals surface area contributed by atoms with Crippen molar-refractivity contribution >= 4 is 17.6 Å². The first-order chi connectivity index (χ1) is 8.11. The van der Waals surface area contributed by atoms with Crippen molar-refractivity contribution in [2.45, 2.75) is 25.7 Å². The Bertz CT molecular complexity index is 459. The minimum absolute atomic E-state index is 0.557. The van der Waals surface area contributed by atoms with Crippen LogP contribution < -0.4 is 0 Å². The number of carboxylic acid groups (broad SMARTS) is 1. The van der Waals surface area contributed by atoms with Gasteiger partial charge in [-0.25, -0.2) is 0 Å². The molecule has 3 heteroatoms. The molecule has 1 aromatic carbocycles. The van der Waals surface area contributed by atoms with Gasteiger partial charge in [-0.2, -0.15) is 0 Å². The number of carboxylic acids is 1. The minimum atomic E-state index is -0.649. The summed E-state index contributed by atoms with van der Waals surface area (Å²) in [7, 11) is 0. The lowest BCUT2D eigenvalue weighted by Crippen LogP contribution is -2.32. The lowest BCUT2D eigenvalue weighted by molar-refractivity contribution is -0.149. The average Bonchev–Trinajstić information content (AvgIpc) is 2.90. The molecule has 2 nitrogen and oxygen atoms in total. The summed E-state index contributed by atoms with van der Waals surface area (Å²) in [6.07, 6.45) is 3.48. The topological polar surface area (TPSA) is 37.3 Å². The van der Waals surface area contributed by atoms with Crippen LogP contribution in [0.15, 0.2) is 24.3 Å². The largest absolute Gasteiger partial charge is 0.481 e. The monoisotopic (exact) mass is 250 g/mol. The smallest absolute Gasteiger partial charge is 0.309 e. The zero-order valence-electron chi connectivity index (χ0n) is 9.53. The van der Waals surface area contributed by atoms with E-state index in [0.717, 1.165) is 18.4 Å². The second-order valence-corrected chi connectivity index (χ2v) is 5.92. The first kappa shape index (κ1) is 11.1. The van der Waals surface area contributed by atoms with Crippen LogP contribution in [0.1, 0.15) is 24.8 Å². The van der Waals surface area contributed by atoms with Gasteiger partial charge in [0.1, 0.15) is 0 Å². The maximum absolute atomic E-state index is 11.6. The number of halogens is 1. The highest BCUT2D eigenvalue weighted by Gasteiger charge is 2.57. The number of carbonyl (C=O) groups is 1. The van der Waals surface area contributed by atoms with Crippen LogP contribution in [-0.2, 0) is 11.2 Å². The van der Waals surface area contributed by atoms with Crippen molar-refractivity contribution in [1.29, 1.82) is 0 Å². The summed E-state index contributed by atoms with van der Waals surface area (Å²) in [4.78, 5) is 11.6. The molecule has 0 radical (unpaired) electrons. The second kappa shape index (κ2) is 3.74. The van der Waals surface area contributed by atoms with Gasteiger partial charge < -0.3 is 5.11 Å². The molecule has 2 aliphatic carbocycles. The maximum Gasteiger partial charge on any atom is 0.309 e. The van der Waals surface area contributed by atoms with Gasteiger partial charge >= 0.3 is 5.97 Å².